The molecule has 1 aromatic heterocycles. The summed E-state index contributed by atoms with van der Waals surface area (Å²) in [7, 11) is 1.62. The minimum Gasteiger partial charge on any atom is -0.497 e. The molecule has 1 N–H and O–H groups in total. The van der Waals surface area contributed by atoms with Gasteiger partial charge in [0.25, 0.3) is 5.91 Å². The van der Waals surface area contributed by atoms with Crippen LogP contribution in [-0.2, 0) is 16.0 Å². The number of carbonyl (C=O) groups excluding carboxylic acids is 2. The van der Waals surface area contributed by atoms with E-state index in [1.165, 1.54) is 0 Å². The van der Waals surface area contributed by atoms with Crippen LogP contribution in [0, 0.1) is 6.92 Å². The molecule has 0 bridgehead atoms. The normalized spacial score (nSPS) is 11.7. The first-order valence-electron chi connectivity index (χ1n) is 9.46. The van der Waals surface area contributed by atoms with Crippen LogP contribution in [-0.4, -0.2) is 36.6 Å². The average Bonchev–Trinajstić information content (AvgIpc) is 2.73. The highest BCUT2D eigenvalue weighted by Crippen LogP contribution is 2.19. The number of benzene rings is 2. The third kappa shape index (κ3) is 5.10. The molecule has 29 heavy (non-hydrogen) atoms. The summed E-state index contributed by atoms with van der Waals surface area (Å²) in [5.74, 6) is -0.0800. The van der Waals surface area contributed by atoms with Gasteiger partial charge in [-0.25, -0.2) is 4.79 Å². The number of nitrogens with zero attached hydrogens (tertiary/aromatic N) is 1. The van der Waals surface area contributed by atoms with Crippen molar-refractivity contribution in [3.05, 3.63) is 71.4 Å². The molecular formula is C23H24N2O4. The zero-order chi connectivity index (χ0) is 20.8. The van der Waals surface area contributed by atoms with E-state index in [0.717, 1.165) is 16.8 Å². The number of hydrogen-bond donors (Lipinski definition) is 1. The molecule has 6 nitrogen and oxygen atoms in total. The van der Waals surface area contributed by atoms with Gasteiger partial charge in [0.15, 0.2) is 6.10 Å². The Morgan fingerprint density at radius 3 is 2.55 bits per heavy atom. The Balaban J connectivity index is 1.57. The maximum atomic E-state index is 12.6. The molecule has 0 radical (unpaired) electrons. The maximum absolute atomic E-state index is 12.6. The van der Waals surface area contributed by atoms with Gasteiger partial charge in [-0.15, -0.1) is 0 Å². The topological polar surface area (TPSA) is 77.5 Å². The lowest BCUT2D eigenvalue weighted by molar-refractivity contribution is -0.129. The van der Waals surface area contributed by atoms with E-state index < -0.39 is 12.1 Å². The molecule has 0 aliphatic carbocycles. The van der Waals surface area contributed by atoms with Crippen LogP contribution in [0.4, 0.5) is 0 Å². The lowest BCUT2D eigenvalue weighted by atomic mass is 10.1. The Labute approximate surface area is 169 Å². The van der Waals surface area contributed by atoms with Gasteiger partial charge in [0.1, 0.15) is 5.75 Å². The summed E-state index contributed by atoms with van der Waals surface area (Å²) >= 11 is 0. The summed E-state index contributed by atoms with van der Waals surface area (Å²) < 4.78 is 10.5. The standard InChI is InChI=1S/C23H24N2O4/c1-15-14-20(19-6-4-5-7-21(19)25-15)23(27)29-16(2)22(26)24-13-12-17-8-10-18(28-3)11-9-17/h4-11,14,16H,12-13H2,1-3H3,(H,24,26). The maximum Gasteiger partial charge on any atom is 0.339 e. The molecule has 2 aromatic carbocycles. The first-order valence-corrected chi connectivity index (χ1v) is 9.46. The van der Waals surface area contributed by atoms with Gasteiger partial charge in [-0.05, 0) is 50.1 Å². The quantitative estimate of drug-likeness (QED) is 0.623. The molecule has 0 aliphatic rings. The van der Waals surface area contributed by atoms with Gasteiger partial charge in [-0.3, -0.25) is 9.78 Å². The van der Waals surface area contributed by atoms with Crippen molar-refractivity contribution < 1.29 is 19.1 Å². The number of rotatable bonds is 7. The SMILES string of the molecule is COc1ccc(CCNC(=O)C(C)OC(=O)c2cc(C)nc3ccccc23)cc1. The zero-order valence-electron chi connectivity index (χ0n) is 16.8. The summed E-state index contributed by atoms with van der Waals surface area (Å²) in [6, 6.07) is 16.7. The third-order valence-corrected chi connectivity index (χ3v) is 4.59. The molecular weight excluding hydrogens is 368 g/mol. The third-order valence-electron chi connectivity index (χ3n) is 4.59. The van der Waals surface area contributed by atoms with Crippen LogP contribution in [0.1, 0.15) is 28.5 Å². The number of amides is 1. The van der Waals surface area contributed by atoms with Crippen LogP contribution in [0.5, 0.6) is 5.75 Å². The number of aromatic nitrogens is 1. The highest BCUT2D eigenvalue weighted by atomic mass is 16.5. The predicted octanol–water partition coefficient (Wildman–Crippen LogP) is 3.46. The molecule has 0 aliphatic heterocycles. The van der Waals surface area contributed by atoms with Gasteiger partial charge in [0.05, 0.1) is 18.2 Å². The van der Waals surface area contributed by atoms with E-state index in [9.17, 15) is 9.59 Å². The minimum atomic E-state index is -0.898. The number of para-hydroxylation sites is 1. The van der Waals surface area contributed by atoms with E-state index in [1.807, 2.05) is 55.5 Å². The fourth-order valence-electron chi connectivity index (χ4n) is 3.02. The van der Waals surface area contributed by atoms with Crippen molar-refractivity contribution in [2.45, 2.75) is 26.4 Å². The first kappa shape index (κ1) is 20.3. The lowest BCUT2D eigenvalue weighted by Crippen LogP contribution is -2.37. The summed E-state index contributed by atoms with van der Waals surface area (Å²) in [6.45, 7) is 3.83. The van der Waals surface area contributed by atoms with Gasteiger partial charge in [0.2, 0.25) is 0 Å². The Morgan fingerprint density at radius 2 is 1.83 bits per heavy atom. The Bertz CT molecular complexity index is 1020. The summed E-state index contributed by atoms with van der Waals surface area (Å²) in [5, 5.41) is 3.51. The molecule has 6 heteroatoms. The summed E-state index contributed by atoms with van der Waals surface area (Å²) in [4.78, 5) is 29.4. The van der Waals surface area contributed by atoms with Gasteiger partial charge >= 0.3 is 5.97 Å². The molecule has 1 unspecified atom stereocenters. The fourth-order valence-corrected chi connectivity index (χ4v) is 3.02. The number of ether oxygens (including phenoxy) is 2. The van der Waals surface area contributed by atoms with Crippen molar-refractivity contribution in [2.24, 2.45) is 0 Å². The van der Waals surface area contributed by atoms with E-state index >= 15 is 0 Å². The van der Waals surface area contributed by atoms with Crippen molar-refractivity contribution >= 4 is 22.8 Å². The van der Waals surface area contributed by atoms with Crippen LogP contribution in [0.2, 0.25) is 0 Å². The Morgan fingerprint density at radius 1 is 1.10 bits per heavy atom. The summed E-state index contributed by atoms with van der Waals surface area (Å²) in [5.41, 5.74) is 2.92. The van der Waals surface area contributed by atoms with E-state index in [-0.39, 0.29) is 5.91 Å². The molecule has 1 amide bonds. The van der Waals surface area contributed by atoms with Crippen LogP contribution in [0.15, 0.2) is 54.6 Å². The molecule has 3 rings (SSSR count). The van der Waals surface area contributed by atoms with Crippen LogP contribution in [0.3, 0.4) is 0 Å². The van der Waals surface area contributed by atoms with Crippen LogP contribution >= 0.6 is 0 Å². The first-order chi connectivity index (χ1) is 14.0. The molecule has 0 saturated carbocycles. The smallest absolute Gasteiger partial charge is 0.339 e. The minimum absolute atomic E-state index is 0.332. The zero-order valence-corrected chi connectivity index (χ0v) is 16.8. The molecule has 1 heterocycles. The van der Waals surface area contributed by atoms with Gasteiger partial charge in [-0.2, -0.15) is 0 Å². The highest BCUT2D eigenvalue weighted by Gasteiger charge is 2.20. The number of methoxy groups -OCH3 is 1. The Kier molecular flexibility index (Phi) is 6.44. The van der Waals surface area contributed by atoms with E-state index in [0.29, 0.717) is 29.6 Å². The molecule has 0 spiro atoms. The number of nitrogens with one attached hydrogen (secondary N) is 1. The van der Waals surface area contributed by atoms with Crippen molar-refractivity contribution in [3.63, 3.8) is 0 Å². The number of pyridine rings is 1. The fraction of sp³-hybridized carbons (Fsp3) is 0.261. The highest BCUT2D eigenvalue weighted by molar-refractivity contribution is 6.04. The van der Waals surface area contributed by atoms with Crippen molar-refractivity contribution in [1.82, 2.24) is 10.3 Å². The monoisotopic (exact) mass is 392 g/mol. The second-order valence-electron chi connectivity index (χ2n) is 6.76. The van der Waals surface area contributed by atoms with Crippen molar-refractivity contribution in [1.29, 1.82) is 0 Å². The lowest BCUT2D eigenvalue weighted by Gasteiger charge is -2.15. The van der Waals surface area contributed by atoms with Gasteiger partial charge in [-0.1, -0.05) is 30.3 Å². The summed E-state index contributed by atoms with van der Waals surface area (Å²) in [6.07, 6.45) is -0.226. The van der Waals surface area contributed by atoms with Crippen LogP contribution < -0.4 is 10.1 Å². The van der Waals surface area contributed by atoms with Crippen LogP contribution in [0.25, 0.3) is 10.9 Å². The second-order valence-corrected chi connectivity index (χ2v) is 6.76. The number of fused-ring (bicyclic) bond motifs is 1. The van der Waals surface area contributed by atoms with E-state index in [1.54, 1.807) is 20.1 Å². The molecule has 3 aromatic rings. The molecule has 1 atom stereocenters. The van der Waals surface area contributed by atoms with Gasteiger partial charge in [0, 0.05) is 17.6 Å². The number of esters is 1. The van der Waals surface area contributed by atoms with Gasteiger partial charge < -0.3 is 14.8 Å². The van der Waals surface area contributed by atoms with E-state index in [4.69, 9.17) is 9.47 Å². The molecule has 0 saturated heterocycles. The number of hydrogen-bond acceptors (Lipinski definition) is 5. The Hall–Kier alpha value is -3.41. The second kappa shape index (κ2) is 9.19. The molecule has 0 fully saturated rings. The van der Waals surface area contributed by atoms with Crippen molar-refractivity contribution in [2.75, 3.05) is 13.7 Å². The van der Waals surface area contributed by atoms with Crippen molar-refractivity contribution in [3.8, 4) is 5.75 Å². The predicted molar refractivity (Wildman–Crippen MR) is 111 cm³/mol. The largest absolute Gasteiger partial charge is 0.497 e. The number of aryl methyl sites for hydroxylation is 1. The van der Waals surface area contributed by atoms with E-state index in [2.05, 4.69) is 10.3 Å². The number of carbonyl (C=O) groups is 2. The molecule has 150 valence electrons. The average molecular weight is 392 g/mol.